The van der Waals surface area contributed by atoms with Crippen LogP contribution in [0, 0.1) is 18.6 Å². The quantitative estimate of drug-likeness (QED) is 0.420. The maximum absolute atomic E-state index is 13.9. The van der Waals surface area contributed by atoms with Crippen LogP contribution in [0.4, 0.5) is 22.0 Å². The number of rotatable bonds is 7. The number of esters is 1. The minimum Gasteiger partial charge on any atom is -0.485 e. The van der Waals surface area contributed by atoms with Crippen LogP contribution in [0.25, 0.3) is 5.65 Å². The molecule has 33 heavy (non-hydrogen) atoms. The largest absolute Gasteiger partial charge is 0.485 e. The van der Waals surface area contributed by atoms with Crippen molar-refractivity contribution in [2.24, 2.45) is 0 Å². The summed E-state index contributed by atoms with van der Waals surface area (Å²) in [4.78, 5) is 28.7. The Labute approximate surface area is 184 Å². The Hall–Kier alpha value is -3.70. The first kappa shape index (κ1) is 24.0. The number of aryl methyl sites for hydroxylation is 1. The van der Waals surface area contributed by atoms with Crippen LogP contribution >= 0.6 is 0 Å². The SMILES string of the molecule is COC(=O)C(CC(F)(F)F)NC(=O)c1c(C)nc2c(OCc3c(F)cccc3F)cccn12. The van der Waals surface area contributed by atoms with Crippen LogP contribution < -0.4 is 10.1 Å². The van der Waals surface area contributed by atoms with Crippen molar-refractivity contribution >= 4 is 17.5 Å². The fourth-order valence-electron chi connectivity index (χ4n) is 3.16. The molecule has 0 saturated carbocycles. The highest BCUT2D eigenvalue weighted by Crippen LogP contribution is 2.25. The first-order valence-corrected chi connectivity index (χ1v) is 9.50. The van der Waals surface area contributed by atoms with E-state index in [1.807, 2.05) is 5.32 Å². The van der Waals surface area contributed by atoms with Gasteiger partial charge in [-0.25, -0.2) is 18.6 Å². The molecule has 0 saturated heterocycles. The number of nitrogens with one attached hydrogen (secondary N) is 1. The second-order valence-corrected chi connectivity index (χ2v) is 6.97. The highest BCUT2D eigenvalue weighted by Gasteiger charge is 2.37. The molecule has 1 aromatic carbocycles. The Morgan fingerprint density at radius 3 is 2.42 bits per heavy atom. The molecular formula is C21H18F5N3O4. The number of alkyl halides is 3. The Bertz CT molecular complexity index is 1170. The first-order valence-electron chi connectivity index (χ1n) is 9.50. The number of fused-ring (bicyclic) bond motifs is 1. The van der Waals surface area contributed by atoms with Crippen LogP contribution in [0.1, 0.15) is 28.2 Å². The van der Waals surface area contributed by atoms with Crippen LogP contribution in [0.2, 0.25) is 0 Å². The molecule has 0 spiro atoms. The maximum atomic E-state index is 13.9. The number of halogens is 5. The second-order valence-electron chi connectivity index (χ2n) is 6.97. The number of amides is 1. The maximum Gasteiger partial charge on any atom is 0.391 e. The molecule has 1 atom stereocenters. The van der Waals surface area contributed by atoms with Gasteiger partial charge in [0, 0.05) is 6.20 Å². The van der Waals surface area contributed by atoms with E-state index in [0.717, 1.165) is 19.2 Å². The summed E-state index contributed by atoms with van der Waals surface area (Å²) in [6.07, 6.45) is -4.95. The van der Waals surface area contributed by atoms with Gasteiger partial charge in [-0.15, -0.1) is 0 Å². The van der Waals surface area contributed by atoms with Gasteiger partial charge in [-0.05, 0) is 31.2 Å². The average Bonchev–Trinajstić information content (AvgIpc) is 3.07. The number of hydrogen-bond donors (Lipinski definition) is 1. The average molecular weight is 471 g/mol. The van der Waals surface area contributed by atoms with E-state index >= 15 is 0 Å². The van der Waals surface area contributed by atoms with Crippen molar-refractivity contribution in [1.29, 1.82) is 0 Å². The summed E-state index contributed by atoms with van der Waals surface area (Å²) in [7, 11) is 0.902. The van der Waals surface area contributed by atoms with Gasteiger partial charge in [0.25, 0.3) is 5.91 Å². The molecule has 3 aromatic rings. The number of benzene rings is 1. The van der Waals surface area contributed by atoms with Gasteiger partial charge in [-0.2, -0.15) is 13.2 Å². The summed E-state index contributed by atoms with van der Waals surface area (Å²) in [5, 5.41) is 2.02. The molecule has 0 radical (unpaired) electrons. The Kier molecular flexibility index (Phi) is 6.84. The number of carbonyl (C=O) groups excluding carboxylic acids is 2. The van der Waals surface area contributed by atoms with Gasteiger partial charge >= 0.3 is 12.1 Å². The third kappa shape index (κ3) is 5.38. The molecule has 176 valence electrons. The van der Waals surface area contributed by atoms with E-state index in [1.54, 1.807) is 0 Å². The van der Waals surface area contributed by atoms with E-state index in [1.165, 1.54) is 35.7 Å². The molecule has 12 heteroatoms. The van der Waals surface area contributed by atoms with Crippen molar-refractivity contribution in [3.05, 3.63) is 65.1 Å². The molecule has 0 fully saturated rings. The topological polar surface area (TPSA) is 81.9 Å². The highest BCUT2D eigenvalue weighted by atomic mass is 19.4. The number of nitrogens with zero attached hydrogens (tertiary/aromatic N) is 2. The number of pyridine rings is 1. The summed E-state index contributed by atoms with van der Waals surface area (Å²) in [5.41, 5.74) is -0.254. The Morgan fingerprint density at radius 1 is 1.15 bits per heavy atom. The van der Waals surface area contributed by atoms with Crippen molar-refractivity contribution in [2.45, 2.75) is 32.2 Å². The first-order chi connectivity index (χ1) is 15.5. The lowest BCUT2D eigenvalue weighted by Gasteiger charge is -2.18. The van der Waals surface area contributed by atoms with Gasteiger partial charge in [-0.3, -0.25) is 9.20 Å². The molecule has 2 aromatic heterocycles. The molecule has 0 aliphatic carbocycles. The standard InChI is InChI=1S/C21H18F5N3O4/c1-11-17(19(30)28-15(20(31)32-2)9-21(24,25)26)29-8-4-7-16(18(29)27-11)33-10-12-13(22)5-3-6-14(12)23/h3-8,15H,9-10H2,1-2H3,(H,28,30). The molecule has 7 nitrogen and oxygen atoms in total. The van der Waals surface area contributed by atoms with E-state index in [-0.39, 0.29) is 28.3 Å². The molecule has 0 aliphatic heterocycles. The number of imidazole rings is 1. The predicted octanol–water partition coefficient (Wildman–Crippen LogP) is 3.72. The van der Waals surface area contributed by atoms with Gasteiger partial charge < -0.3 is 14.8 Å². The monoisotopic (exact) mass is 471 g/mol. The van der Waals surface area contributed by atoms with Crippen LogP contribution in [-0.2, 0) is 16.1 Å². The minimum atomic E-state index is -4.73. The smallest absolute Gasteiger partial charge is 0.391 e. The lowest BCUT2D eigenvalue weighted by atomic mass is 10.2. The van der Waals surface area contributed by atoms with E-state index in [0.29, 0.717) is 0 Å². The lowest BCUT2D eigenvalue weighted by Crippen LogP contribution is -2.44. The number of methoxy groups -OCH3 is 1. The van der Waals surface area contributed by atoms with Crippen molar-refractivity contribution < 1.29 is 41.0 Å². The summed E-state index contributed by atoms with van der Waals surface area (Å²) in [6.45, 7) is 0.959. The Balaban J connectivity index is 1.90. The molecule has 1 unspecified atom stereocenters. The van der Waals surface area contributed by atoms with Gasteiger partial charge in [0.1, 0.15) is 30.0 Å². The van der Waals surface area contributed by atoms with Gasteiger partial charge in [0.2, 0.25) is 0 Å². The number of ether oxygens (including phenoxy) is 2. The molecule has 1 N–H and O–H groups in total. The van der Waals surface area contributed by atoms with E-state index in [4.69, 9.17) is 4.74 Å². The Morgan fingerprint density at radius 2 is 1.82 bits per heavy atom. The fraction of sp³-hybridized carbons (Fsp3) is 0.286. The zero-order valence-corrected chi connectivity index (χ0v) is 17.4. The van der Waals surface area contributed by atoms with E-state index < -0.39 is 48.8 Å². The van der Waals surface area contributed by atoms with Crippen molar-refractivity contribution in [2.75, 3.05) is 7.11 Å². The van der Waals surface area contributed by atoms with Gasteiger partial charge in [-0.1, -0.05) is 6.07 Å². The lowest BCUT2D eigenvalue weighted by molar-refractivity contribution is -0.160. The zero-order chi connectivity index (χ0) is 24.3. The van der Waals surface area contributed by atoms with Crippen molar-refractivity contribution in [3.8, 4) is 5.75 Å². The fourth-order valence-corrected chi connectivity index (χ4v) is 3.16. The van der Waals surface area contributed by atoms with Crippen molar-refractivity contribution in [3.63, 3.8) is 0 Å². The molecule has 2 heterocycles. The molecule has 1 amide bonds. The highest BCUT2D eigenvalue weighted by molar-refractivity contribution is 5.97. The zero-order valence-electron chi connectivity index (χ0n) is 17.4. The summed E-state index contributed by atoms with van der Waals surface area (Å²) in [5.74, 6) is -3.80. The van der Waals surface area contributed by atoms with Gasteiger partial charge in [0.05, 0.1) is 24.8 Å². The number of carbonyl (C=O) groups is 2. The number of aromatic nitrogens is 2. The van der Waals surface area contributed by atoms with Crippen LogP contribution in [0.5, 0.6) is 5.75 Å². The van der Waals surface area contributed by atoms with Crippen LogP contribution in [0.15, 0.2) is 36.5 Å². The molecule has 0 bridgehead atoms. The summed E-state index contributed by atoms with van der Waals surface area (Å²) < 4.78 is 77.3. The van der Waals surface area contributed by atoms with E-state index in [9.17, 15) is 31.5 Å². The molecule has 3 rings (SSSR count). The summed E-state index contributed by atoms with van der Waals surface area (Å²) >= 11 is 0. The second kappa shape index (κ2) is 9.43. The van der Waals surface area contributed by atoms with Gasteiger partial charge in [0.15, 0.2) is 11.4 Å². The normalized spacial score (nSPS) is 12.5. The van der Waals surface area contributed by atoms with E-state index in [2.05, 4.69) is 9.72 Å². The molecular weight excluding hydrogens is 453 g/mol. The molecule has 0 aliphatic rings. The van der Waals surface area contributed by atoms with Crippen LogP contribution in [0.3, 0.4) is 0 Å². The third-order valence-corrected chi connectivity index (χ3v) is 4.66. The predicted molar refractivity (Wildman–Crippen MR) is 105 cm³/mol. The summed E-state index contributed by atoms with van der Waals surface area (Å²) in [6, 6.07) is 4.29. The number of hydrogen-bond acceptors (Lipinski definition) is 5. The van der Waals surface area contributed by atoms with Crippen LogP contribution in [-0.4, -0.2) is 40.6 Å². The van der Waals surface area contributed by atoms with Crippen molar-refractivity contribution in [1.82, 2.24) is 14.7 Å². The third-order valence-electron chi connectivity index (χ3n) is 4.66. The minimum absolute atomic E-state index is 0.0714.